The average Bonchev–Trinajstić information content (AvgIpc) is 3.48. The molecule has 0 aliphatic carbocycles. The molecule has 3 heterocycles. The van der Waals surface area contributed by atoms with Crippen molar-refractivity contribution < 1.29 is 19.1 Å². The molecule has 0 bridgehead atoms. The molecule has 0 N–H and O–H groups in total. The summed E-state index contributed by atoms with van der Waals surface area (Å²) >= 11 is 0. The van der Waals surface area contributed by atoms with Crippen molar-refractivity contribution in [3.63, 3.8) is 0 Å². The van der Waals surface area contributed by atoms with Gasteiger partial charge in [0.1, 0.15) is 5.82 Å². The lowest BCUT2D eigenvalue weighted by Gasteiger charge is -2.18. The van der Waals surface area contributed by atoms with Crippen LogP contribution in [-0.4, -0.2) is 56.8 Å². The van der Waals surface area contributed by atoms with Crippen LogP contribution in [0.25, 0.3) is 22.0 Å². The second-order valence-corrected chi connectivity index (χ2v) is 10.5. The van der Waals surface area contributed by atoms with Crippen molar-refractivity contribution in [3.8, 4) is 22.6 Å². The molecule has 0 atom stereocenters. The maximum absolute atomic E-state index is 13.9. The largest absolute Gasteiger partial charge is 0.493 e. The Hall–Kier alpha value is -5.25. The van der Waals surface area contributed by atoms with Crippen molar-refractivity contribution in [3.05, 3.63) is 105 Å². The summed E-state index contributed by atoms with van der Waals surface area (Å²) in [6.07, 6.45) is 2.68. The Labute approximate surface area is 248 Å². The lowest BCUT2D eigenvalue weighted by atomic mass is 10.0. The third-order valence-electron chi connectivity index (χ3n) is 7.87. The molecule has 2 aromatic heterocycles. The van der Waals surface area contributed by atoms with E-state index in [1.807, 2.05) is 50.5 Å². The first-order chi connectivity index (χ1) is 20.8. The zero-order chi connectivity index (χ0) is 30.2. The first-order valence-corrected chi connectivity index (χ1v) is 14.0. The van der Waals surface area contributed by atoms with Crippen LogP contribution in [0.5, 0.6) is 11.5 Å². The predicted octanol–water partition coefficient (Wildman–Crippen LogP) is 4.20. The number of amides is 2. The summed E-state index contributed by atoms with van der Waals surface area (Å²) in [6.45, 7) is 2.38. The average molecular weight is 578 g/mol. The Morgan fingerprint density at radius 1 is 0.791 bits per heavy atom. The molecule has 0 spiro atoms. The van der Waals surface area contributed by atoms with Crippen molar-refractivity contribution >= 4 is 22.7 Å². The van der Waals surface area contributed by atoms with E-state index in [9.17, 15) is 14.4 Å². The number of nitrogens with zero attached hydrogens (tertiary/aromatic N) is 5. The molecular weight excluding hydrogens is 546 g/mol. The minimum Gasteiger partial charge on any atom is -0.493 e. The van der Waals surface area contributed by atoms with Crippen molar-refractivity contribution in [2.45, 2.75) is 26.3 Å². The van der Waals surface area contributed by atoms with Crippen LogP contribution < -0.4 is 15.0 Å². The smallest absolute Gasteiger partial charge is 0.261 e. The van der Waals surface area contributed by atoms with E-state index in [-0.39, 0.29) is 30.3 Å². The number of hydrogen-bond acceptors (Lipinski definition) is 7. The molecule has 5 aromatic rings. The number of methoxy groups -OCH3 is 2. The van der Waals surface area contributed by atoms with Crippen LogP contribution in [0.3, 0.4) is 0 Å². The van der Waals surface area contributed by atoms with Gasteiger partial charge >= 0.3 is 0 Å². The predicted molar refractivity (Wildman–Crippen MR) is 162 cm³/mol. The molecule has 1 aliphatic rings. The molecule has 0 saturated carbocycles. The summed E-state index contributed by atoms with van der Waals surface area (Å²) in [5, 5.41) is 4.93. The van der Waals surface area contributed by atoms with Crippen molar-refractivity contribution in [1.29, 1.82) is 0 Å². The Bertz CT molecular complexity index is 1920. The van der Waals surface area contributed by atoms with Crippen LogP contribution in [0, 0.1) is 6.92 Å². The van der Waals surface area contributed by atoms with Gasteiger partial charge in [0.05, 0.1) is 41.9 Å². The van der Waals surface area contributed by atoms with Crippen LogP contribution >= 0.6 is 0 Å². The van der Waals surface area contributed by atoms with Gasteiger partial charge in [-0.15, -0.1) is 0 Å². The monoisotopic (exact) mass is 577 g/mol. The topological polar surface area (TPSA) is 109 Å². The van der Waals surface area contributed by atoms with E-state index in [0.717, 1.165) is 22.4 Å². The van der Waals surface area contributed by atoms with E-state index in [1.165, 1.54) is 4.90 Å². The highest BCUT2D eigenvalue weighted by Gasteiger charge is 2.35. The number of aromatic nitrogens is 4. The molecule has 2 amide bonds. The summed E-state index contributed by atoms with van der Waals surface area (Å²) in [5.41, 5.74) is 4.83. The molecule has 218 valence electrons. The van der Waals surface area contributed by atoms with Crippen LogP contribution in [-0.2, 0) is 26.4 Å². The van der Waals surface area contributed by atoms with Gasteiger partial charge in [0, 0.05) is 38.3 Å². The van der Waals surface area contributed by atoms with Gasteiger partial charge in [0.25, 0.3) is 17.4 Å². The summed E-state index contributed by atoms with van der Waals surface area (Å²) in [5.74, 6) is 1.05. The van der Waals surface area contributed by atoms with Gasteiger partial charge in [0.2, 0.25) is 0 Å². The summed E-state index contributed by atoms with van der Waals surface area (Å²) in [7, 11) is 5.03. The van der Waals surface area contributed by atoms with Gasteiger partial charge in [-0.2, -0.15) is 5.10 Å². The van der Waals surface area contributed by atoms with E-state index in [1.54, 1.807) is 53.8 Å². The molecule has 43 heavy (non-hydrogen) atoms. The first-order valence-electron chi connectivity index (χ1n) is 14.0. The molecule has 1 aliphatic heterocycles. The van der Waals surface area contributed by atoms with Gasteiger partial charge in [-0.1, -0.05) is 24.3 Å². The van der Waals surface area contributed by atoms with E-state index in [0.29, 0.717) is 52.3 Å². The number of carbonyl (C=O) groups excluding carboxylic acids is 2. The first kappa shape index (κ1) is 27.9. The van der Waals surface area contributed by atoms with Gasteiger partial charge in [-0.05, 0) is 60.9 Å². The number of imide groups is 1. The third kappa shape index (κ3) is 5.05. The fourth-order valence-electron chi connectivity index (χ4n) is 5.67. The third-order valence-corrected chi connectivity index (χ3v) is 7.87. The number of carbonyl (C=O) groups is 2. The highest BCUT2D eigenvalue weighted by Crippen LogP contribution is 2.29. The van der Waals surface area contributed by atoms with Gasteiger partial charge in [-0.25, -0.2) is 4.98 Å². The van der Waals surface area contributed by atoms with Crippen molar-refractivity contribution in [2.24, 2.45) is 7.05 Å². The zero-order valence-corrected chi connectivity index (χ0v) is 24.5. The molecule has 0 fully saturated rings. The highest BCUT2D eigenvalue weighted by atomic mass is 16.5. The normalized spacial score (nSPS) is 12.7. The van der Waals surface area contributed by atoms with E-state index >= 15 is 0 Å². The molecule has 3 aromatic carbocycles. The van der Waals surface area contributed by atoms with E-state index in [4.69, 9.17) is 14.5 Å². The highest BCUT2D eigenvalue weighted by molar-refractivity contribution is 6.21. The Morgan fingerprint density at radius 2 is 1.51 bits per heavy atom. The fraction of sp³-hybridized carbons (Fsp3) is 0.242. The van der Waals surface area contributed by atoms with Crippen molar-refractivity contribution in [2.75, 3.05) is 20.8 Å². The number of rotatable bonds is 9. The number of fused-ring (bicyclic) bond motifs is 2. The van der Waals surface area contributed by atoms with Crippen LogP contribution in [0.15, 0.2) is 71.7 Å². The number of ether oxygens (including phenoxy) is 2. The van der Waals surface area contributed by atoms with Gasteiger partial charge < -0.3 is 9.47 Å². The standard InChI is InChI=1S/C33H31N5O5/c1-20-26(19-36(2)35-20)22-10-11-25-27(18-22)34-30(14-16-38-31(39)23-7-5-6-8-24(23)32(38)40)37(33(25)41)15-13-21-9-12-28(42-3)29(17-21)43-4/h5-12,17-19H,13-16H2,1-4H3. The van der Waals surface area contributed by atoms with Gasteiger partial charge in [-0.3, -0.25) is 28.5 Å². The molecule has 10 nitrogen and oxygen atoms in total. The van der Waals surface area contributed by atoms with Crippen LogP contribution in [0.1, 0.15) is 37.8 Å². The van der Waals surface area contributed by atoms with Crippen LogP contribution in [0.4, 0.5) is 0 Å². The quantitative estimate of drug-likeness (QED) is 0.242. The fourth-order valence-corrected chi connectivity index (χ4v) is 5.67. The second kappa shape index (κ2) is 11.2. The molecular formula is C33H31N5O5. The lowest BCUT2D eigenvalue weighted by molar-refractivity contribution is 0.0655. The molecule has 0 radical (unpaired) electrons. The number of aryl methyl sites for hydroxylation is 3. The SMILES string of the molecule is COc1ccc(CCn2c(CCN3C(=O)c4ccccc4C3=O)nc3cc(-c4cn(C)nc4C)ccc3c2=O)cc1OC. The maximum atomic E-state index is 13.9. The second-order valence-electron chi connectivity index (χ2n) is 10.5. The van der Waals surface area contributed by atoms with E-state index < -0.39 is 0 Å². The minimum atomic E-state index is -0.338. The maximum Gasteiger partial charge on any atom is 0.261 e. The van der Waals surface area contributed by atoms with Crippen LogP contribution in [0.2, 0.25) is 0 Å². The Morgan fingerprint density at radius 3 is 2.16 bits per heavy atom. The zero-order valence-electron chi connectivity index (χ0n) is 24.5. The molecule has 6 rings (SSSR count). The summed E-state index contributed by atoms with van der Waals surface area (Å²) in [6, 6.07) is 18.1. The molecule has 0 saturated heterocycles. The number of hydrogen-bond donors (Lipinski definition) is 0. The Balaban J connectivity index is 1.37. The van der Waals surface area contributed by atoms with Gasteiger partial charge in [0.15, 0.2) is 11.5 Å². The summed E-state index contributed by atoms with van der Waals surface area (Å²) in [4.78, 5) is 46.2. The van der Waals surface area contributed by atoms with E-state index in [2.05, 4.69) is 5.10 Å². The lowest BCUT2D eigenvalue weighted by Crippen LogP contribution is -2.34. The van der Waals surface area contributed by atoms with Crippen molar-refractivity contribution in [1.82, 2.24) is 24.2 Å². The summed E-state index contributed by atoms with van der Waals surface area (Å²) < 4.78 is 14.2. The number of benzene rings is 3. The molecule has 0 unspecified atom stereocenters. The minimum absolute atomic E-state index is 0.0993. The molecule has 10 heteroatoms. The Kier molecular flexibility index (Phi) is 7.27.